The van der Waals surface area contributed by atoms with Crippen LogP contribution in [0.25, 0.3) is 0 Å². The maximum Gasteiger partial charge on any atom is 0.0840 e. The molecule has 0 aliphatic carbocycles. The predicted octanol–water partition coefficient (Wildman–Crippen LogP) is 1.41. The molecule has 5 heteroatoms. The van der Waals surface area contributed by atoms with Gasteiger partial charge in [-0.2, -0.15) is 0 Å². The van der Waals surface area contributed by atoms with Gasteiger partial charge in [0.2, 0.25) is 0 Å². The van der Waals surface area contributed by atoms with E-state index in [0.29, 0.717) is 12.1 Å². The quantitative estimate of drug-likeness (QED) is 0.873. The minimum atomic E-state index is -0.787. The molecule has 24 heavy (non-hydrogen) atoms. The Kier molecular flexibility index (Phi) is 5.45. The van der Waals surface area contributed by atoms with Crippen LogP contribution in [0.2, 0.25) is 0 Å². The molecule has 134 valence electrons. The monoisotopic (exact) mass is 333 g/mol. The van der Waals surface area contributed by atoms with E-state index in [2.05, 4.69) is 34.2 Å². The van der Waals surface area contributed by atoms with Gasteiger partial charge in [-0.15, -0.1) is 0 Å². The number of ether oxygens (including phenoxy) is 1. The Bertz CT molecular complexity index is 526. The molecule has 0 saturated carbocycles. The molecule has 2 N–H and O–H groups in total. The van der Waals surface area contributed by atoms with Gasteiger partial charge in [0.05, 0.1) is 24.9 Å². The lowest BCUT2D eigenvalue weighted by atomic mass is 9.98. The second-order valence-electron chi connectivity index (χ2n) is 7.58. The maximum atomic E-state index is 10.1. The zero-order valence-electron chi connectivity index (χ0n) is 15.2. The summed E-state index contributed by atoms with van der Waals surface area (Å²) in [5, 5.41) is 13.7. The Morgan fingerprint density at radius 1 is 1.25 bits per heavy atom. The van der Waals surface area contributed by atoms with E-state index in [0.717, 1.165) is 51.5 Å². The third kappa shape index (κ3) is 4.09. The summed E-state index contributed by atoms with van der Waals surface area (Å²) in [5.74, 6) is 0. The van der Waals surface area contributed by atoms with Gasteiger partial charge in [-0.25, -0.2) is 0 Å². The van der Waals surface area contributed by atoms with Gasteiger partial charge in [-0.05, 0) is 38.5 Å². The number of hydrogen-bond donors (Lipinski definition) is 2. The van der Waals surface area contributed by atoms with Crippen LogP contribution in [0.1, 0.15) is 26.3 Å². The topological polar surface area (TPSA) is 48.0 Å². The third-order valence-electron chi connectivity index (χ3n) is 5.21. The molecule has 0 aromatic heterocycles. The Morgan fingerprint density at radius 3 is 2.67 bits per heavy atom. The summed E-state index contributed by atoms with van der Waals surface area (Å²) in [7, 11) is 0. The molecule has 5 nitrogen and oxygen atoms in total. The second-order valence-corrected chi connectivity index (χ2v) is 7.58. The minimum absolute atomic E-state index is 0.465. The van der Waals surface area contributed by atoms with Crippen LogP contribution in [0.3, 0.4) is 0 Å². The van der Waals surface area contributed by atoms with E-state index in [-0.39, 0.29) is 0 Å². The zero-order chi connectivity index (χ0) is 17.2. The SMILES string of the molecule is C[C@H]1COCCN1C[C@H]1CNCCN1c1ccc(C(C)(C)O)cc1. The molecule has 2 heterocycles. The van der Waals surface area contributed by atoms with Crippen molar-refractivity contribution in [2.24, 2.45) is 0 Å². The van der Waals surface area contributed by atoms with Gasteiger partial charge in [-0.3, -0.25) is 4.90 Å². The lowest BCUT2D eigenvalue weighted by molar-refractivity contribution is -0.00343. The smallest absolute Gasteiger partial charge is 0.0840 e. The molecule has 0 amide bonds. The number of nitrogens with zero attached hydrogens (tertiary/aromatic N) is 2. The fraction of sp³-hybridized carbons (Fsp3) is 0.684. The van der Waals surface area contributed by atoms with Crippen LogP contribution in [0, 0.1) is 0 Å². The van der Waals surface area contributed by atoms with Gasteiger partial charge in [0.25, 0.3) is 0 Å². The first-order valence-corrected chi connectivity index (χ1v) is 9.07. The first kappa shape index (κ1) is 17.7. The highest BCUT2D eigenvalue weighted by atomic mass is 16.5. The number of rotatable bonds is 4. The summed E-state index contributed by atoms with van der Waals surface area (Å²) in [5.41, 5.74) is 1.42. The van der Waals surface area contributed by atoms with E-state index < -0.39 is 5.60 Å². The van der Waals surface area contributed by atoms with Gasteiger partial charge in [0.15, 0.2) is 0 Å². The lowest BCUT2D eigenvalue weighted by Gasteiger charge is -2.43. The Labute approximate surface area is 145 Å². The number of anilines is 1. The number of hydrogen-bond acceptors (Lipinski definition) is 5. The van der Waals surface area contributed by atoms with Gasteiger partial charge >= 0.3 is 0 Å². The summed E-state index contributed by atoms with van der Waals surface area (Å²) in [6, 6.07) is 9.34. The zero-order valence-corrected chi connectivity index (χ0v) is 15.2. The van der Waals surface area contributed by atoms with Crippen molar-refractivity contribution in [2.75, 3.05) is 50.8 Å². The predicted molar refractivity (Wildman–Crippen MR) is 97.5 cm³/mol. The molecule has 2 aliphatic rings. The lowest BCUT2D eigenvalue weighted by Crippen LogP contribution is -2.58. The summed E-state index contributed by atoms with van der Waals surface area (Å²) < 4.78 is 5.56. The van der Waals surface area contributed by atoms with E-state index >= 15 is 0 Å². The van der Waals surface area contributed by atoms with E-state index in [9.17, 15) is 5.11 Å². The summed E-state index contributed by atoms with van der Waals surface area (Å²) in [6.07, 6.45) is 0. The van der Waals surface area contributed by atoms with E-state index in [4.69, 9.17) is 4.74 Å². The molecule has 0 radical (unpaired) electrons. The van der Waals surface area contributed by atoms with Crippen molar-refractivity contribution >= 4 is 5.69 Å². The Morgan fingerprint density at radius 2 is 2.00 bits per heavy atom. The molecule has 3 rings (SSSR count). The van der Waals surface area contributed by atoms with Crippen molar-refractivity contribution in [2.45, 2.75) is 38.5 Å². The first-order chi connectivity index (χ1) is 11.4. The van der Waals surface area contributed by atoms with E-state index in [1.165, 1.54) is 5.69 Å². The Hall–Kier alpha value is -1.14. The molecule has 1 aromatic rings. The van der Waals surface area contributed by atoms with Crippen molar-refractivity contribution in [1.82, 2.24) is 10.2 Å². The van der Waals surface area contributed by atoms with Crippen molar-refractivity contribution in [1.29, 1.82) is 0 Å². The minimum Gasteiger partial charge on any atom is -0.386 e. The van der Waals surface area contributed by atoms with Crippen LogP contribution in [0.4, 0.5) is 5.69 Å². The molecular formula is C19H31N3O2. The van der Waals surface area contributed by atoms with E-state index in [1.54, 1.807) is 0 Å². The molecule has 0 bridgehead atoms. The summed E-state index contributed by atoms with van der Waals surface area (Å²) in [4.78, 5) is 5.05. The average molecular weight is 333 g/mol. The van der Waals surface area contributed by atoms with Crippen LogP contribution in [0.15, 0.2) is 24.3 Å². The summed E-state index contributed by atoms with van der Waals surface area (Å²) >= 11 is 0. The van der Waals surface area contributed by atoms with Crippen molar-refractivity contribution in [3.8, 4) is 0 Å². The second kappa shape index (κ2) is 7.40. The van der Waals surface area contributed by atoms with Crippen LogP contribution >= 0.6 is 0 Å². The highest BCUT2D eigenvalue weighted by molar-refractivity contribution is 5.50. The van der Waals surface area contributed by atoms with Crippen LogP contribution in [-0.4, -0.2) is 68.0 Å². The van der Waals surface area contributed by atoms with Gasteiger partial charge in [-0.1, -0.05) is 12.1 Å². The first-order valence-electron chi connectivity index (χ1n) is 9.07. The Balaban J connectivity index is 1.72. The average Bonchev–Trinajstić information content (AvgIpc) is 2.57. The normalized spacial score (nSPS) is 26.6. The highest BCUT2D eigenvalue weighted by Crippen LogP contribution is 2.25. The number of aliphatic hydroxyl groups is 1. The molecule has 2 atom stereocenters. The molecule has 1 aromatic carbocycles. The number of nitrogens with one attached hydrogen (secondary N) is 1. The van der Waals surface area contributed by atoms with Crippen molar-refractivity contribution in [3.05, 3.63) is 29.8 Å². The molecule has 0 spiro atoms. The molecule has 2 fully saturated rings. The van der Waals surface area contributed by atoms with Gasteiger partial charge in [0, 0.05) is 44.5 Å². The fourth-order valence-corrected chi connectivity index (χ4v) is 3.63. The number of piperazine rings is 1. The summed E-state index contributed by atoms with van der Waals surface area (Å²) in [6.45, 7) is 12.7. The maximum absolute atomic E-state index is 10.1. The number of benzene rings is 1. The van der Waals surface area contributed by atoms with Crippen molar-refractivity contribution < 1.29 is 9.84 Å². The highest BCUT2D eigenvalue weighted by Gasteiger charge is 2.28. The van der Waals surface area contributed by atoms with Crippen LogP contribution < -0.4 is 10.2 Å². The van der Waals surface area contributed by atoms with E-state index in [1.807, 2.05) is 26.0 Å². The van der Waals surface area contributed by atoms with Gasteiger partial charge in [0.1, 0.15) is 0 Å². The number of morpholine rings is 1. The molecular weight excluding hydrogens is 302 g/mol. The van der Waals surface area contributed by atoms with Crippen molar-refractivity contribution in [3.63, 3.8) is 0 Å². The molecule has 2 aliphatic heterocycles. The van der Waals surface area contributed by atoms with Gasteiger partial charge < -0.3 is 20.1 Å². The molecule has 0 unspecified atom stereocenters. The van der Waals surface area contributed by atoms with Crippen LogP contribution in [-0.2, 0) is 10.3 Å². The largest absolute Gasteiger partial charge is 0.386 e. The van der Waals surface area contributed by atoms with Crippen LogP contribution in [0.5, 0.6) is 0 Å². The third-order valence-corrected chi connectivity index (χ3v) is 5.21. The molecule has 2 saturated heterocycles. The standard InChI is InChI=1S/C19H31N3O2/c1-15-14-24-11-10-21(15)13-18-12-20-8-9-22(18)17-6-4-16(5-7-17)19(2,3)23/h4-7,15,18,20,23H,8-14H2,1-3H3/t15-,18+/m0/s1. The fourth-order valence-electron chi connectivity index (χ4n) is 3.63.